The number of piperazine rings is 1. The Hall–Kier alpha value is -3.73. The normalized spacial score (nSPS) is 24.8. The fraction of sp³-hybridized carbons (Fsp3) is 0.379. The summed E-state index contributed by atoms with van der Waals surface area (Å²) in [6.45, 7) is 0.490. The van der Waals surface area contributed by atoms with Crippen molar-refractivity contribution in [3.63, 3.8) is 0 Å². The van der Waals surface area contributed by atoms with Crippen molar-refractivity contribution >= 4 is 27.5 Å². The summed E-state index contributed by atoms with van der Waals surface area (Å²) in [5.74, 6) is -10.3. The molecule has 3 aromatic carbocycles. The second-order valence-electron chi connectivity index (χ2n) is 10.9. The summed E-state index contributed by atoms with van der Waals surface area (Å²) in [5, 5.41) is 15.7. The maximum atomic E-state index is 16.3. The van der Waals surface area contributed by atoms with Crippen LogP contribution in [0, 0.1) is 11.7 Å². The Bertz CT molecular complexity index is 1640. The van der Waals surface area contributed by atoms with E-state index in [2.05, 4.69) is 15.3 Å². The highest BCUT2D eigenvalue weighted by atomic mass is 19.3. The predicted molar refractivity (Wildman–Crippen MR) is 140 cm³/mol. The minimum atomic E-state index is -4.20. The average molecular weight is 557 g/mol. The number of ether oxygens (including phenoxy) is 1. The van der Waals surface area contributed by atoms with Gasteiger partial charge >= 0.3 is 17.9 Å². The second kappa shape index (κ2) is 8.89. The number of fused-ring (bicyclic) bond motifs is 4. The zero-order chi connectivity index (χ0) is 27.8. The number of rotatable bonds is 5. The summed E-state index contributed by atoms with van der Waals surface area (Å²) in [6, 6.07) is 13.7. The van der Waals surface area contributed by atoms with Gasteiger partial charge in [0.15, 0.2) is 5.82 Å². The number of anilines is 1. The van der Waals surface area contributed by atoms with Crippen LogP contribution in [0.5, 0.6) is 11.8 Å². The smallest absolute Gasteiger partial charge is 0.319 e. The van der Waals surface area contributed by atoms with Gasteiger partial charge in [-0.15, -0.1) is 0 Å². The maximum Gasteiger partial charge on any atom is 0.319 e. The average Bonchev–Trinajstić information content (AvgIpc) is 3.27. The fourth-order valence-electron chi connectivity index (χ4n) is 6.21. The molecule has 0 radical (unpaired) electrons. The summed E-state index contributed by atoms with van der Waals surface area (Å²) in [7, 11) is 0. The van der Waals surface area contributed by atoms with E-state index in [1.165, 1.54) is 6.07 Å². The van der Waals surface area contributed by atoms with E-state index in [0.29, 0.717) is 29.9 Å². The van der Waals surface area contributed by atoms with Gasteiger partial charge in [0.2, 0.25) is 0 Å². The quantitative estimate of drug-likeness (QED) is 0.298. The number of alkyl halides is 4. The van der Waals surface area contributed by atoms with Crippen molar-refractivity contribution in [2.24, 2.45) is 5.92 Å². The standard InChI is InChI=1S/C29H25F5N4O2/c30-24-21(23-10-19(39)9-15-3-1-2-4-20(15)23)7-8-22-25(24)36-27(40-14-16-11-28(31,32)29(16,33)34)37-26(22)38-12-17-5-6-18(13-38)35-17/h1-4,7-10,16-18,35,39H,5-6,11-14H2. The minimum absolute atomic E-state index is 0.0323. The largest absolute Gasteiger partial charge is 0.508 e. The van der Waals surface area contributed by atoms with Gasteiger partial charge in [0, 0.05) is 42.5 Å². The first-order valence-electron chi connectivity index (χ1n) is 13.2. The lowest BCUT2D eigenvalue weighted by Gasteiger charge is -2.43. The molecule has 2 saturated heterocycles. The minimum Gasteiger partial charge on any atom is -0.508 e. The first-order chi connectivity index (χ1) is 19.1. The summed E-state index contributed by atoms with van der Waals surface area (Å²) < 4.78 is 76.3. The van der Waals surface area contributed by atoms with Crippen LogP contribution in [0.1, 0.15) is 19.3 Å². The van der Waals surface area contributed by atoms with Crippen LogP contribution >= 0.6 is 0 Å². The molecule has 2 aliphatic heterocycles. The van der Waals surface area contributed by atoms with Crippen LogP contribution in [0.2, 0.25) is 0 Å². The molecule has 3 heterocycles. The van der Waals surface area contributed by atoms with Crippen LogP contribution < -0.4 is 15.0 Å². The van der Waals surface area contributed by atoms with Gasteiger partial charge in [-0.05, 0) is 47.4 Å². The van der Waals surface area contributed by atoms with Crippen LogP contribution in [0.3, 0.4) is 0 Å². The monoisotopic (exact) mass is 556 g/mol. The molecule has 6 nitrogen and oxygen atoms in total. The summed E-state index contributed by atoms with van der Waals surface area (Å²) in [4.78, 5) is 10.7. The highest BCUT2D eigenvalue weighted by Gasteiger charge is 2.71. The van der Waals surface area contributed by atoms with Crippen molar-refractivity contribution in [2.45, 2.75) is 43.2 Å². The Kier molecular flexibility index (Phi) is 5.61. The van der Waals surface area contributed by atoms with Crippen molar-refractivity contribution in [3.8, 4) is 22.9 Å². The Morgan fingerprint density at radius 2 is 1.70 bits per heavy atom. The molecule has 4 aromatic rings. The van der Waals surface area contributed by atoms with E-state index in [9.17, 15) is 22.7 Å². The molecule has 208 valence electrons. The number of benzene rings is 3. The van der Waals surface area contributed by atoms with E-state index in [1.54, 1.807) is 18.2 Å². The lowest BCUT2D eigenvalue weighted by molar-refractivity contribution is -0.317. The number of halogens is 5. The number of hydrogen-bond donors (Lipinski definition) is 2. The zero-order valence-corrected chi connectivity index (χ0v) is 21.2. The molecule has 11 heteroatoms. The molecule has 2 N–H and O–H groups in total. The van der Waals surface area contributed by atoms with Gasteiger partial charge in [0.1, 0.15) is 23.7 Å². The summed E-state index contributed by atoms with van der Waals surface area (Å²) in [6.07, 6.45) is 0.966. The molecule has 1 aliphatic carbocycles. The molecule has 3 aliphatic rings. The molecule has 7 rings (SSSR count). The molecule has 3 unspecified atom stereocenters. The highest BCUT2D eigenvalue weighted by molar-refractivity contribution is 6.01. The number of nitrogens with one attached hydrogen (secondary N) is 1. The van der Waals surface area contributed by atoms with Crippen LogP contribution in [-0.4, -0.2) is 58.7 Å². The Morgan fingerprint density at radius 1 is 0.950 bits per heavy atom. The van der Waals surface area contributed by atoms with Gasteiger partial charge in [-0.3, -0.25) is 0 Å². The van der Waals surface area contributed by atoms with Crippen molar-refractivity contribution < 1.29 is 31.8 Å². The first-order valence-corrected chi connectivity index (χ1v) is 13.2. The molecule has 0 spiro atoms. The first kappa shape index (κ1) is 25.3. The van der Waals surface area contributed by atoms with Gasteiger partial charge in [0.25, 0.3) is 0 Å². The van der Waals surface area contributed by atoms with E-state index in [0.717, 1.165) is 23.6 Å². The molecule has 40 heavy (non-hydrogen) atoms. The number of nitrogens with zero attached hydrogens (tertiary/aromatic N) is 3. The topological polar surface area (TPSA) is 70.5 Å². The molecular weight excluding hydrogens is 531 g/mol. The predicted octanol–water partition coefficient (Wildman–Crippen LogP) is 5.90. The van der Waals surface area contributed by atoms with Gasteiger partial charge in [0.05, 0.1) is 5.92 Å². The SMILES string of the molecule is Oc1cc(-c2ccc3c(N4CC5CCC(C4)N5)nc(OCC4CC(F)(F)C4(F)F)nc3c2F)c2ccccc2c1. The second-order valence-corrected chi connectivity index (χ2v) is 10.9. The van der Waals surface area contributed by atoms with Crippen LogP contribution in [0.4, 0.5) is 27.8 Å². The van der Waals surface area contributed by atoms with Crippen molar-refractivity contribution in [1.82, 2.24) is 15.3 Å². The molecule has 1 saturated carbocycles. The molecule has 2 bridgehead atoms. The number of phenolic OH excluding ortho intramolecular Hbond substituents is 1. The Labute approximate surface area is 225 Å². The highest BCUT2D eigenvalue weighted by Crippen LogP contribution is 2.55. The number of phenols is 1. The Morgan fingerprint density at radius 3 is 2.42 bits per heavy atom. The fourth-order valence-corrected chi connectivity index (χ4v) is 6.21. The van der Waals surface area contributed by atoms with E-state index < -0.39 is 36.6 Å². The van der Waals surface area contributed by atoms with Gasteiger partial charge in [-0.25, -0.2) is 4.39 Å². The van der Waals surface area contributed by atoms with Crippen LogP contribution in [0.25, 0.3) is 32.8 Å². The van der Waals surface area contributed by atoms with Gasteiger partial charge < -0.3 is 20.1 Å². The van der Waals surface area contributed by atoms with Gasteiger partial charge in [-0.1, -0.05) is 30.3 Å². The molecule has 1 aromatic heterocycles. The Balaban J connectivity index is 1.33. The van der Waals surface area contributed by atoms with Crippen molar-refractivity contribution in [3.05, 3.63) is 54.3 Å². The number of aromatic nitrogens is 2. The van der Waals surface area contributed by atoms with Crippen molar-refractivity contribution in [2.75, 3.05) is 24.6 Å². The summed E-state index contributed by atoms with van der Waals surface area (Å²) in [5.41, 5.74) is 0.552. The van der Waals surface area contributed by atoms with E-state index in [1.807, 2.05) is 29.2 Å². The van der Waals surface area contributed by atoms with Crippen molar-refractivity contribution in [1.29, 1.82) is 0 Å². The third-order valence-electron chi connectivity index (χ3n) is 8.34. The molecular formula is C29H25F5N4O2. The molecule has 0 amide bonds. The zero-order valence-electron chi connectivity index (χ0n) is 21.2. The molecule has 3 atom stereocenters. The van der Waals surface area contributed by atoms with E-state index in [4.69, 9.17) is 4.74 Å². The van der Waals surface area contributed by atoms with E-state index in [-0.39, 0.29) is 34.9 Å². The third-order valence-corrected chi connectivity index (χ3v) is 8.34. The summed E-state index contributed by atoms with van der Waals surface area (Å²) >= 11 is 0. The molecule has 3 fully saturated rings. The number of hydrogen-bond acceptors (Lipinski definition) is 6. The van der Waals surface area contributed by atoms with Crippen LogP contribution in [-0.2, 0) is 0 Å². The third kappa shape index (κ3) is 3.93. The number of aromatic hydroxyl groups is 1. The van der Waals surface area contributed by atoms with Crippen LogP contribution in [0.15, 0.2) is 48.5 Å². The lowest BCUT2D eigenvalue weighted by Crippen LogP contribution is -2.60. The maximum absolute atomic E-state index is 16.3. The lowest BCUT2D eigenvalue weighted by atomic mass is 9.77. The van der Waals surface area contributed by atoms with E-state index >= 15 is 4.39 Å². The van der Waals surface area contributed by atoms with Gasteiger partial charge in [-0.2, -0.15) is 27.5 Å².